The molecule has 2 nitrogen and oxygen atoms in total. The molecule has 1 unspecified atom stereocenters. The number of halogens is 1. The van der Waals surface area contributed by atoms with Crippen LogP contribution in [0.3, 0.4) is 0 Å². The van der Waals surface area contributed by atoms with E-state index in [0.717, 1.165) is 19.0 Å². The molecule has 1 N–H and O–H groups in total. The minimum Gasteiger partial charge on any atom is -0.312 e. The van der Waals surface area contributed by atoms with E-state index >= 15 is 0 Å². The molecule has 0 saturated carbocycles. The molecule has 0 spiro atoms. The van der Waals surface area contributed by atoms with Crippen LogP contribution in [0, 0.1) is 5.92 Å². The van der Waals surface area contributed by atoms with Crippen LogP contribution in [-0.4, -0.2) is 30.1 Å². The molecule has 19 heavy (non-hydrogen) atoms. The van der Waals surface area contributed by atoms with Crippen molar-refractivity contribution in [1.29, 1.82) is 0 Å². The number of benzene rings is 1. The average molecular weight is 325 g/mol. The second-order valence-corrected chi connectivity index (χ2v) is 7.57. The predicted octanol–water partition coefficient (Wildman–Crippen LogP) is 3.66. The van der Waals surface area contributed by atoms with Gasteiger partial charge < -0.3 is 5.32 Å². The van der Waals surface area contributed by atoms with Gasteiger partial charge in [-0.25, -0.2) is 0 Å². The molecule has 0 aliphatic carbocycles. The molecule has 1 heterocycles. The number of hydrogen-bond acceptors (Lipinski definition) is 2. The fraction of sp³-hybridized carbons (Fsp3) is 0.625. The van der Waals surface area contributed by atoms with E-state index in [4.69, 9.17) is 0 Å². The summed E-state index contributed by atoms with van der Waals surface area (Å²) in [5.74, 6) is 0.798. The highest BCUT2D eigenvalue weighted by atomic mass is 79.9. The SMILES string of the molecule is CC(C)(C)NCC1CCN(Cc2cccc(Br)c2)C1. The van der Waals surface area contributed by atoms with E-state index in [1.807, 2.05) is 0 Å². The van der Waals surface area contributed by atoms with Gasteiger partial charge in [0.05, 0.1) is 0 Å². The Hall–Kier alpha value is -0.380. The highest BCUT2D eigenvalue weighted by Gasteiger charge is 2.23. The minimum atomic E-state index is 0.234. The summed E-state index contributed by atoms with van der Waals surface area (Å²) in [5, 5.41) is 3.62. The van der Waals surface area contributed by atoms with Crippen LogP contribution in [0.1, 0.15) is 32.8 Å². The summed E-state index contributed by atoms with van der Waals surface area (Å²) in [6, 6.07) is 8.64. The molecule has 0 amide bonds. The summed E-state index contributed by atoms with van der Waals surface area (Å²) in [7, 11) is 0. The first kappa shape index (κ1) is 15.0. The van der Waals surface area contributed by atoms with Crippen LogP contribution in [0.25, 0.3) is 0 Å². The topological polar surface area (TPSA) is 15.3 Å². The largest absolute Gasteiger partial charge is 0.312 e. The lowest BCUT2D eigenvalue weighted by Gasteiger charge is -2.23. The Balaban J connectivity index is 1.79. The maximum Gasteiger partial charge on any atom is 0.0234 e. The maximum atomic E-state index is 3.62. The molecule has 3 heteroatoms. The monoisotopic (exact) mass is 324 g/mol. The Morgan fingerprint density at radius 3 is 2.84 bits per heavy atom. The third-order valence-corrected chi connectivity index (χ3v) is 4.08. The first-order valence-corrected chi connectivity index (χ1v) is 7.93. The van der Waals surface area contributed by atoms with Gasteiger partial charge in [-0.15, -0.1) is 0 Å². The lowest BCUT2D eigenvalue weighted by Crippen LogP contribution is -2.39. The van der Waals surface area contributed by atoms with Crippen LogP contribution in [-0.2, 0) is 6.54 Å². The van der Waals surface area contributed by atoms with Gasteiger partial charge in [0.2, 0.25) is 0 Å². The van der Waals surface area contributed by atoms with Crippen molar-refractivity contribution in [3.05, 3.63) is 34.3 Å². The number of likely N-dealkylation sites (tertiary alicyclic amines) is 1. The summed E-state index contributed by atoms with van der Waals surface area (Å²) < 4.78 is 1.18. The van der Waals surface area contributed by atoms with Gasteiger partial charge in [-0.1, -0.05) is 28.1 Å². The van der Waals surface area contributed by atoms with E-state index in [1.54, 1.807) is 0 Å². The molecule has 1 aromatic rings. The van der Waals surface area contributed by atoms with Crippen LogP contribution >= 0.6 is 15.9 Å². The van der Waals surface area contributed by atoms with Crippen molar-refractivity contribution >= 4 is 15.9 Å². The van der Waals surface area contributed by atoms with Crippen LogP contribution in [0.15, 0.2) is 28.7 Å². The molecule has 0 radical (unpaired) electrons. The standard InChI is InChI=1S/C16H25BrN2/c1-16(2,3)18-10-14-7-8-19(12-14)11-13-5-4-6-15(17)9-13/h4-6,9,14,18H,7-8,10-12H2,1-3H3. The van der Waals surface area contributed by atoms with Crippen molar-refractivity contribution in [2.24, 2.45) is 5.92 Å². The molecule has 1 aliphatic rings. The van der Waals surface area contributed by atoms with Gasteiger partial charge >= 0.3 is 0 Å². The fourth-order valence-corrected chi connectivity index (χ4v) is 3.01. The zero-order chi connectivity index (χ0) is 13.9. The van der Waals surface area contributed by atoms with Crippen LogP contribution < -0.4 is 5.32 Å². The Bertz CT molecular complexity index is 411. The van der Waals surface area contributed by atoms with Gasteiger partial charge in [0.15, 0.2) is 0 Å². The van der Waals surface area contributed by atoms with E-state index in [2.05, 4.69) is 71.2 Å². The van der Waals surface area contributed by atoms with Crippen LogP contribution in [0.5, 0.6) is 0 Å². The Kier molecular flexibility index (Phi) is 5.04. The smallest absolute Gasteiger partial charge is 0.0234 e. The summed E-state index contributed by atoms with van der Waals surface area (Å²) >= 11 is 3.54. The van der Waals surface area contributed by atoms with E-state index in [9.17, 15) is 0 Å². The molecule has 106 valence electrons. The summed E-state index contributed by atoms with van der Waals surface area (Å²) in [6.45, 7) is 11.4. The summed E-state index contributed by atoms with van der Waals surface area (Å²) in [5.41, 5.74) is 1.64. The first-order chi connectivity index (χ1) is 8.92. The highest BCUT2D eigenvalue weighted by molar-refractivity contribution is 9.10. The normalized spacial score (nSPS) is 20.9. The molecule has 1 fully saturated rings. The molecule has 1 atom stereocenters. The second kappa shape index (κ2) is 6.38. The summed E-state index contributed by atoms with van der Waals surface area (Å²) in [4.78, 5) is 2.57. The van der Waals surface area contributed by atoms with Gasteiger partial charge in [0.1, 0.15) is 0 Å². The Labute approximate surface area is 125 Å². The number of hydrogen-bond donors (Lipinski definition) is 1. The highest BCUT2D eigenvalue weighted by Crippen LogP contribution is 2.20. The Morgan fingerprint density at radius 1 is 1.37 bits per heavy atom. The van der Waals surface area contributed by atoms with E-state index in [0.29, 0.717) is 0 Å². The molecule has 0 aromatic heterocycles. The van der Waals surface area contributed by atoms with E-state index < -0.39 is 0 Å². The maximum absolute atomic E-state index is 3.62. The molecular weight excluding hydrogens is 300 g/mol. The molecular formula is C16H25BrN2. The third-order valence-electron chi connectivity index (χ3n) is 3.59. The van der Waals surface area contributed by atoms with E-state index in [1.165, 1.54) is 29.5 Å². The van der Waals surface area contributed by atoms with Gasteiger partial charge in [0.25, 0.3) is 0 Å². The first-order valence-electron chi connectivity index (χ1n) is 7.14. The van der Waals surface area contributed by atoms with Gasteiger partial charge in [-0.2, -0.15) is 0 Å². The molecule has 1 aromatic carbocycles. The molecule has 0 bridgehead atoms. The lowest BCUT2D eigenvalue weighted by atomic mass is 10.1. The predicted molar refractivity (Wildman–Crippen MR) is 85.3 cm³/mol. The molecule has 2 rings (SSSR count). The van der Waals surface area contributed by atoms with Gasteiger partial charge in [0, 0.05) is 23.1 Å². The second-order valence-electron chi connectivity index (χ2n) is 6.65. The quantitative estimate of drug-likeness (QED) is 0.909. The van der Waals surface area contributed by atoms with Crippen LogP contribution in [0.2, 0.25) is 0 Å². The van der Waals surface area contributed by atoms with Crippen molar-refractivity contribution in [3.63, 3.8) is 0 Å². The van der Waals surface area contributed by atoms with Crippen molar-refractivity contribution in [2.45, 2.75) is 39.3 Å². The lowest BCUT2D eigenvalue weighted by molar-refractivity contribution is 0.305. The zero-order valence-electron chi connectivity index (χ0n) is 12.2. The van der Waals surface area contributed by atoms with Gasteiger partial charge in [-0.05, 0) is 63.9 Å². The summed E-state index contributed by atoms with van der Waals surface area (Å²) in [6.07, 6.45) is 1.32. The molecule has 1 aliphatic heterocycles. The number of nitrogens with zero attached hydrogens (tertiary/aromatic N) is 1. The van der Waals surface area contributed by atoms with E-state index in [-0.39, 0.29) is 5.54 Å². The zero-order valence-corrected chi connectivity index (χ0v) is 13.8. The molecule has 1 saturated heterocycles. The van der Waals surface area contributed by atoms with Crippen molar-refractivity contribution in [3.8, 4) is 0 Å². The average Bonchev–Trinajstić information content (AvgIpc) is 2.73. The van der Waals surface area contributed by atoms with Crippen molar-refractivity contribution in [1.82, 2.24) is 10.2 Å². The number of rotatable bonds is 4. The Morgan fingerprint density at radius 2 is 2.16 bits per heavy atom. The minimum absolute atomic E-state index is 0.234. The van der Waals surface area contributed by atoms with Gasteiger partial charge in [-0.3, -0.25) is 4.90 Å². The van der Waals surface area contributed by atoms with Crippen molar-refractivity contribution < 1.29 is 0 Å². The third kappa shape index (κ3) is 5.25. The van der Waals surface area contributed by atoms with Crippen molar-refractivity contribution in [2.75, 3.05) is 19.6 Å². The van der Waals surface area contributed by atoms with Crippen LogP contribution in [0.4, 0.5) is 0 Å². The fourth-order valence-electron chi connectivity index (χ4n) is 2.57. The number of nitrogens with one attached hydrogen (secondary N) is 1.